The predicted octanol–water partition coefficient (Wildman–Crippen LogP) is -0.314. The summed E-state index contributed by atoms with van der Waals surface area (Å²) >= 11 is 0. The maximum absolute atomic E-state index is 10.5. The maximum atomic E-state index is 10.5. The minimum Gasteiger partial charge on any atom is -0.370 e. The first-order valence-electron chi connectivity index (χ1n) is 4.56. The Hall–Kier alpha value is -3.15. The zero-order valence-electron chi connectivity index (χ0n) is 9.07. The van der Waals surface area contributed by atoms with Crippen molar-refractivity contribution in [2.45, 2.75) is 0 Å². The third-order valence-electron chi connectivity index (χ3n) is 1.79. The van der Waals surface area contributed by atoms with Gasteiger partial charge in [0, 0.05) is 12.1 Å². The van der Waals surface area contributed by atoms with Crippen LogP contribution in [0.15, 0.2) is 28.2 Å². The number of nitrogens with two attached hydrogens (primary N) is 3. The molecule has 0 amide bonds. The first-order valence-corrected chi connectivity index (χ1v) is 4.56. The van der Waals surface area contributed by atoms with E-state index in [4.69, 9.17) is 22.5 Å². The van der Waals surface area contributed by atoms with E-state index in [1.165, 1.54) is 12.1 Å². The van der Waals surface area contributed by atoms with E-state index in [9.17, 15) is 10.1 Å². The van der Waals surface area contributed by atoms with E-state index in [2.05, 4.69) is 9.98 Å². The van der Waals surface area contributed by atoms with Crippen molar-refractivity contribution in [3.63, 3.8) is 0 Å². The number of hydrogen-bond acceptors (Lipinski definition) is 4. The highest BCUT2D eigenvalue weighted by Crippen LogP contribution is 2.23. The Morgan fingerprint density at radius 2 is 2.06 bits per heavy atom. The average molecular weight is 247 g/mol. The van der Waals surface area contributed by atoms with Crippen LogP contribution in [0.4, 0.5) is 11.4 Å². The molecule has 18 heavy (non-hydrogen) atoms. The van der Waals surface area contributed by atoms with E-state index in [0.717, 1.165) is 6.07 Å². The van der Waals surface area contributed by atoms with Crippen molar-refractivity contribution in [2.75, 3.05) is 0 Å². The number of hydrogen-bond donors (Lipinski definition) is 3. The lowest BCUT2D eigenvalue weighted by Gasteiger charge is -1.99. The Morgan fingerprint density at radius 1 is 1.39 bits per heavy atom. The molecular weight excluding hydrogens is 238 g/mol. The van der Waals surface area contributed by atoms with Crippen molar-refractivity contribution in [1.29, 1.82) is 5.26 Å². The third kappa shape index (κ3) is 3.17. The smallest absolute Gasteiger partial charge is 0.270 e. The zero-order chi connectivity index (χ0) is 13.7. The Kier molecular flexibility index (Phi) is 3.78. The quantitative estimate of drug-likeness (QED) is 0.280. The fourth-order valence-electron chi connectivity index (χ4n) is 1.11. The lowest BCUT2D eigenvalue weighted by Crippen LogP contribution is -2.26. The fourth-order valence-corrected chi connectivity index (χ4v) is 1.11. The molecule has 1 aromatic rings. The van der Waals surface area contributed by atoms with Gasteiger partial charge in [-0.2, -0.15) is 10.3 Å². The summed E-state index contributed by atoms with van der Waals surface area (Å²) in [6, 6.07) is 5.34. The lowest BCUT2D eigenvalue weighted by molar-refractivity contribution is -0.384. The molecule has 9 nitrogen and oxygen atoms in total. The summed E-state index contributed by atoms with van der Waals surface area (Å²) in [4.78, 5) is 17.1. The van der Waals surface area contributed by atoms with Gasteiger partial charge in [0.15, 0.2) is 5.96 Å². The van der Waals surface area contributed by atoms with E-state index in [0.29, 0.717) is 0 Å². The van der Waals surface area contributed by atoms with Crippen molar-refractivity contribution in [3.8, 4) is 6.07 Å². The Labute approximate surface area is 101 Å². The minimum absolute atomic E-state index is 0.00190. The van der Waals surface area contributed by atoms with Crippen LogP contribution in [0.3, 0.4) is 0 Å². The van der Waals surface area contributed by atoms with Crippen molar-refractivity contribution in [2.24, 2.45) is 27.2 Å². The molecule has 1 aromatic carbocycles. The largest absolute Gasteiger partial charge is 0.370 e. The summed E-state index contributed by atoms with van der Waals surface area (Å²) in [7, 11) is 0. The molecule has 92 valence electrons. The van der Waals surface area contributed by atoms with Crippen LogP contribution in [0.2, 0.25) is 0 Å². The van der Waals surface area contributed by atoms with E-state index >= 15 is 0 Å². The van der Waals surface area contributed by atoms with Crippen LogP contribution < -0.4 is 17.2 Å². The predicted molar refractivity (Wildman–Crippen MR) is 64.9 cm³/mol. The summed E-state index contributed by atoms with van der Waals surface area (Å²) in [5, 5.41) is 19.4. The summed E-state index contributed by atoms with van der Waals surface area (Å²) < 4.78 is 0. The molecule has 0 saturated heterocycles. The molecular formula is C9H9N7O2. The summed E-state index contributed by atoms with van der Waals surface area (Å²) in [6.45, 7) is 0. The van der Waals surface area contributed by atoms with Gasteiger partial charge in [0.05, 0.1) is 16.2 Å². The molecule has 0 aliphatic heterocycles. The highest BCUT2D eigenvalue weighted by Gasteiger charge is 2.10. The highest BCUT2D eigenvalue weighted by molar-refractivity contribution is 5.93. The first-order chi connectivity index (χ1) is 8.43. The average Bonchev–Trinajstić information content (AvgIpc) is 2.27. The number of nitro groups is 1. The molecule has 0 atom stereocenters. The monoisotopic (exact) mass is 247 g/mol. The van der Waals surface area contributed by atoms with Crippen LogP contribution in [0, 0.1) is 21.4 Å². The molecule has 0 unspecified atom stereocenters. The van der Waals surface area contributed by atoms with E-state index < -0.39 is 4.92 Å². The molecule has 0 bridgehead atoms. The molecule has 0 saturated carbocycles. The number of rotatable bonds is 2. The van der Waals surface area contributed by atoms with Gasteiger partial charge in [-0.25, -0.2) is 4.99 Å². The SMILES string of the molecule is N#Cc1cc([N+](=O)[O-])ccc1N=C(N)N=C(N)N. The lowest BCUT2D eigenvalue weighted by atomic mass is 10.2. The third-order valence-corrected chi connectivity index (χ3v) is 1.79. The maximum Gasteiger partial charge on any atom is 0.270 e. The topological polar surface area (TPSA) is 170 Å². The molecule has 0 aromatic heterocycles. The van der Waals surface area contributed by atoms with Gasteiger partial charge in [-0.15, -0.1) is 0 Å². The van der Waals surface area contributed by atoms with E-state index in [-0.39, 0.29) is 28.9 Å². The van der Waals surface area contributed by atoms with Gasteiger partial charge in [0.2, 0.25) is 5.96 Å². The van der Waals surface area contributed by atoms with Crippen LogP contribution in [0.5, 0.6) is 0 Å². The number of nitro benzene ring substituents is 1. The standard InChI is InChI=1S/C9H9N7O2/c10-4-5-3-6(16(17)18)1-2-7(5)14-9(13)15-8(11)12/h1-3H,(H6,11,12,13,14,15). The Balaban J connectivity index is 3.23. The second kappa shape index (κ2) is 5.26. The number of non-ortho nitro benzene ring substituents is 1. The van der Waals surface area contributed by atoms with Crippen LogP contribution in [0.1, 0.15) is 5.56 Å². The minimum atomic E-state index is -0.617. The van der Waals surface area contributed by atoms with Crippen LogP contribution >= 0.6 is 0 Å². The molecule has 9 heteroatoms. The number of aliphatic imine (C=N–C) groups is 2. The molecule has 6 N–H and O–H groups in total. The van der Waals surface area contributed by atoms with Gasteiger partial charge in [-0.3, -0.25) is 10.1 Å². The first kappa shape index (κ1) is 12.9. The van der Waals surface area contributed by atoms with Crippen molar-refractivity contribution in [3.05, 3.63) is 33.9 Å². The van der Waals surface area contributed by atoms with Gasteiger partial charge in [-0.1, -0.05) is 0 Å². The summed E-state index contributed by atoms with van der Waals surface area (Å²) in [6.07, 6.45) is 0. The van der Waals surface area contributed by atoms with Crippen LogP contribution in [-0.2, 0) is 0 Å². The molecule has 0 heterocycles. The number of nitrogens with zero attached hydrogens (tertiary/aromatic N) is 4. The van der Waals surface area contributed by atoms with Crippen molar-refractivity contribution >= 4 is 23.3 Å². The number of benzene rings is 1. The second-order valence-electron chi connectivity index (χ2n) is 3.08. The molecule has 0 aliphatic rings. The molecule has 0 radical (unpaired) electrons. The van der Waals surface area contributed by atoms with Gasteiger partial charge >= 0.3 is 0 Å². The van der Waals surface area contributed by atoms with Gasteiger partial charge < -0.3 is 17.2 Å². The van der Waals surface area contributed by atoms with E-state index in [1.807, 2.05) is 0 Å². The van der Waals surface area contributed by atoms with E-state index in [1.54, 1.807) is 6.07 Å². The van der Waals surface area contributed by atoms with Gasteiger partial charge in [0.25, 0.3) is 5.69 Å². The molecule has 0 fully saturated rings. The Bertz CT molecular complexity index is 581. The zero-order valence-corrected chi connectivity index (χ0v) is 9.07. The van der Waals surface area contributed by atoms with Crippen LogP contribution in [0.25, 0.3) is 0 Å². The number of nitriles is 1. The molecule has 0 aliphatic carbocycles. The van der Waals surface area contributed by atoms with Crippen molar-refractivity contribution in [1.82, 2.24) is 0 Å². The van der Waals surface area contributed by atoms with Gasteiger partial charge in [0.1, 0.15) is 6.07 Å². The summed E-state index contributed by atoms with van der Waals surface area (Å²) in [5.41, 5.74) is 15.5. The van der Waals surface area contributed by atoms with Crippen molar-refractivity contribution < 1.29 is 4.92 Å². The molecule has 0 spiro atoms. The second-order valence-corrected chi connectivity index (χ2v) is 3.08. The van der Waals surface area contributed by atoms with Gasteiger partial charge in [-0.05, 0) is 6.07 Å². The van der Waals surface area contributed by atoms with Crippen LogP contribution in [-0.4, -0.2) is 16.8 Å². The highest BCUT2D eigenvalue weighted by atomic mass is 16.6. The normalized spacial score (nSPS) is 10.5. The summed E-state index contributed by atoms with van der Waals surface area (Å²) in [5.74, 6) is -0.531. The molecule has 1 rings (SSSR count). The fraction of sp³-hybridized carbons (Fsp3) is 0. The Morgan fingerprint density at radius 3 is 2.56 bits per heavy atom. The number of guanidine groups is 2.